The highest BCUT2D eigenvalue weighted by atomic mass is 32.1. The fraction of sp³-hybridized carbons (Fsp3) is 0.333. The van der Waals surface area contributed by atoms with E-state index in [-0.39, 0.29) is 24.2 Å². The number of thiophene rings is 1. The molecule has 1 aromatic heterocycles. The maximum absolute atomic E-state index is 12.3. The van der Waals surface area contributed by atoms with Crippen molar-refractivity contribution in [2.24, 2.45) is 5.92 Å². The first kappa shape index (κ1) is 16.5. The molecule has 0 radical (unpaired) electrons. The molecular formula is C18H20N2O3S. The SMILES string of the molecule is COc1cccc(N2C[C@H](C(=O)NCCc3cccs3)CC2=O)c1. The highest BCUT2D eigenvalue weighted by molar-refractivity contribution is 7.09. The largest absolute Gasteiger partial charge is 0.497 e. The third-order valence-corrected chi connectivity index (χ3v) is 5.05. The van der Waals surface area contributed by atoms with Gasteiger partial charge < -0.3 is 15.0 Å². The van der Waals surface area contributed by atoms with Gasteiger partial charge in [0.25, 0.3) is 0 Å². The van der Waals surface area contributed by atoms with Gasteiger partial charge in [0, 0.05) is 36.1 Å². The van der Waals surface area contributed by atoms with Crippen molar-refractivity contribution >= 4 is 28.8 Å². The molecule has 24 heavy (non-hydrogen) atoms. The number of ether oxygens (including phenoxy) is 1. The van der Waals surface area contributed by atoms with Crippen LogP contribution in [-0.2, 0) is 16.0 Å². The van der Waals surface area contributed by atoms with E-state index in [2.05, 4.69) is 11.4 Å². The van der Waals surface area contributed by atoms with Gasteiger partial charge in [-0.15, -0.1) is 11.3 Å². The summed E-state index contributed by atoms with van der Waals surface area (Å²) in [7, 11) is 1.59. The van der Waals surface area contributed by atoms with E-state index in [1.165, 1.54) is 4.88 Å². The van der Waals surface area contributed by atoms with E-state index < -0.39 is 0 Å². The zero-order valence-electron chi connectivity index (χ0n) is 13.5. The van der Waals surface area contributed by atoms with Crippen molar-refractivity contribution < 1.29 is 14.3 Å². The van der Waals surface area contributed by atoms with Gasteiger partial charge in [0.2, 0.25) is 11.8 Å². The Hall–Kier alpha value is -2.34. The van der Waals surface area contributed by atoms with Gasteiger partial charge in [0.05, 0.1) is 13.0 Å². The fourth-order valence-corrected chi connectivity index (χ4v) is 3.53. The molecule has 5 nitrogen and oxygen atoms in total. The zero-order valence-corrected chi connectivity index (χ0v) is 14.3. The number of hydrogen-bond donors (Lipinski definition) is 1. The minimum atomic E-state index is -0.299. The topological polar surface area (TPSA) is 58.6 Å². The van der Waals surface area contributed by atoms with Crippen LogP contribution in [0.25, 0.3) is 0 Å². The van der Waals surface area contributed by atoms with Crippen LogP contribution in [0.3, 0.4) is 0 Å². The second-order valence-corrected chi connectivity index (χ2v) is 6.76. The Bertz CT molecular complexity index is 715. The zero-order chi connectivity index (χ0) is 16.9. The van der Waals surface area contributed by atoms with Gasteiger partial charge >= 0.3 is 0 Å². The molecule has 1 aliphatic rings. The second kappa shape index (κ2) is 7.49. The van der Waals surface area contributed by atoms with Crippen LogP contribution in [0.4, 0.5) is 5.69 Å². The summed E-state index contributed by atoms with van der Waals surface area (Å²) in [6, 6.07) is 11.4. The molecule has 126 valence electrons. The van der Waals surface area contributed by atoms with Gasteiger partial charge in [-0.25, -0.2) is 0 Å². The summed E-state index contributed by atoms with van der Waals surface area (Å²) in [5.41, 5.74) is 0.772. The number of rotatable bonds is 6. The lowest BCUT2D eigenvalue weighted by Gasteiger charge is -2.17. The molecule has 2 heterocycles. The van der Waals surface area contributed by atoms with E-state index in [1.54, 1.807) is 23.3 Å². The average molecular weight is 344 g/mol. The van der Waals surface area contributed by atoms with Crippen molar-refractivity contribution in [3.63, 3.8) is 0 Å². The Labute approximate surface area is 145 Å². The minimum absolute atomic E-state index is 0.0262. The number of methoxy groups -OCH3 is 1. The van der Waals surface area contributed by atoms with E-state index in [0.717, 1.165) is 12.1 Å². The smallest absolute Gasteiger partial charge is 0.227 e. The predicted octanol–water partition coefficient (Wildman–Crippen LogP) is 2.47. The Kier molecular flexibility index (Phi) is 5.15. The highest BCUT2D eigenvalue weighted by Crippen LogP contribution is 2.27. The summed E-state index contributed by atoms with van der Waals surface area (Å²) in [6.45, 7) is 1.01. The van der Waals surface area contributed by atoms with Crippen LogP contribution in [0, 0.1) is 5.92 Å². The molecule has 3 rings (SSSR count). The molecule has 6 heteroatoms. The highest BCUT2D eigenvalue weighted by Gasteiger charge is 2.35. The van der Waals surface area contributed by atoms with Crippen LogP contribution in [0.2, 0.25) is 0 Å². The molecule has 2 aromatic rings. The number of carbonyl (C=O) groups is 2. The van der Waals surface area contributed by atoms with Crippen LogP contribution in [0.5, 0.6) is 5.75 Å². The van der Waals surface area contributed by atoms with Crippen molar-refractivity contribution in [3.05, 3.63) is 46.7 Å². The summed E-state index contributed by atoms with van der Waals surface area (Å²) >= 11 is 1.68. The second-order valence-electron chi connectivity index (χ2n) is 5.73. The Morgan fingerprint density at radius 1 is 1.38 bits per heavy atom. The molecule has 1 saturated heterocycles. The van der Waals surface area contributed by atoms with Crippen LogP contribution in [-0.4, -0.2) is 32.0 Å². The quantitative estimate of drug-likeness (QED) is 0.876. The van der Waals surface area contributed by atoms with Gasteiger partial charge in [-0.1, -0.05) is 12.1 Å². The first-order valence-corrected chi connectivity index (χ1v) is 8.80. The predicted molar refractivity (Wildman–Crippen MR) is 94.5 cm³/mol. The van der Waals surface area contributed by atoms with Crippen molar-refractivity contribution in [3.8, 4) is 5.75 Å². The molecule has 1 fully saturated rings. The van der Waals surface area contributed by atoms with Crippen molar-refractivity contribution in [1.82, 2.24) is 5.32 Å². The van der Waals surface area contributed by atoms with Gasteiger partial charge in [-0.2, -0.15) is 0 Å². The summed E-state index contributed by atoms with van der Waals surface area (Å²) in [5, 5.41) is 4.97. The molecule has 0 aliphatic carbocycles. The Morgan fingerprint density at radius 2 is 2.25 bits per heavy atom. The monoisotopic (exact) mass is 344 g/mol. The number of anilines is 1. The summed E-state index contributed by atoms with van der Waals surface area (Å²) in [4.78, 5) is 27.5. The first-order valence-electron chi connectivity index (χ1n) is 7.92. The molecule has 0 unspecified atom stereocenters. The van der Waals surface area contributed by atoms with Gasteiger partial charge in [0.1, 0.15) is 5.75 Å². The van der Waals surface area contributed by atoms with Crippen molar-refractivity contribution in [2.45, 2.75) is 12.8 Å². The Morgan fingerprint density at radius 3 is 3.00 bits per heavy atom. The maximum atomic E-state index is 12.3. The standard InChI is InChI=1S/C18H20N2O3S/c1-23-15-5-2-4-14(11-15)20-12-13(10-17(20)21)18(22)19-8-7-16-6-3-9-24-16/h2-6,9,11,13H,7-8,10,12H2,1H3,(H,19,22)/t13-/m1/s1. The lowest BCUT2D eigenvalue weighted by Crippen LogP contribution is -2.34. The van der Waals surface area contributed by atoms with E-state index in [9.17, 15) is 9.59 Å². The molecule has 1 N–H and O–H groups in total. The number of amides is 2. The third kappa shape index (κ3) is 3.76. The van der Waals surface area contributed by atoms with E-state index >= 15 is 0 Å². The minimum Gasteiger partial charge on any atom is -0.497 e. The lowest BCUT2D eigenvalue weighted by atomic mass is 10.1. The van der Waals surface area contributed by atoms with E-state index in [0.29, 0.717) is 18.8 Å². The van der Waals surface area contributed by atoms with Crippen LogP contribution in [0.1, 0.15) is 11.3 Å². The number of benzene rings is 1. The molecule has 1 atom stereocenters. The van der Waals surface area contributed by atoms with Crippen LogP contribution in [0.15, 0.2) is 41.8 Å². The molecule has 0 saturated carbocycles. The molecule has 1 aromatic carbocycles. The van der Waals surface area contributed by atoms with E-state index in [1.807, 2.05) is 35.7 Å². The molecule has 2 amide bonds. The van der Waals surface area contributed by atoms with Gasteiger partial charge in [0.15, 0.2) is 0 Å². The Balaban J connectivity index is 1.56. The number of hydrogen-bond acceptors (Lipinski definition) is 4. The van der Waals surface area contributed by atoms with Gasteiger partial charge in [-0.05, 0) is 30.0 Å². The van der Waals surface area contributed by atoms with Crippen LogP contribution < -0.4 is 15.0 Å². The summed E-state index contributed by atoms with van der Waals surface area (Å²) < 4.78 is 5.20. The summed E-state index contributed by atoms with van der Waals surface area (Å²) in [5.74, 6) is 0.322. The average Bonchev–Trinajstić information content (AvgIpc) is 3.24. The lowest BCUT2D eigenvalue weighted by molar-refractivity contribution is -0.126. The number of nitrogens with one attached hydrogen (secondary N) is 1. The van der Waals surface area contributed by atoms with Gasteiger partial charge in [-0.3, -0.25) is 9.59 Å². The third-order valence-electron chi connectivity index (χ3n) is 4.11. The van der Waals surface area contributed by atoms with E-state index in [4.69, 9.17) is 4.74 Å². The van der Waals surface area contributed by atoms with Crippen LogP contribution >= 0.6 is 11.3 Å². The molecule has 1 aliphatic heterocycles. The maximum Gasteiger partial charge on any atom is 0.227 e. The van der Waals surface area contributed by atoms with Crippen molar-refractivity contribution in [1.29, 1.82) is 0 Å². The normalized spacial score (nSPS) is 17.1. The van der Waals surface area contributed by atoms with Crippen molar-refractivity contribution in [2.75, 3.05) is 25.1 Å². The molecule has 0 bridgehead atoms. The number of carbonyl (C=O) groups excluding carboxylic acids is 2. The molecular weight excluding hydrogens is 324 g/mol. The summed E-state index contributed by atoms with van der Waals surface area (Å²) in [6.07, 6.45) is 1.08. The molecule has 0 spiro atoms. The number of nitrogens with zero attached hydrogens (tertiary/aromatic N) is 1. The first-order chi connectivity index (χ1) is 11.7. The fourth-order valence-electron chi connectivity index (χ4n) is 2.82.